The number of aryl methyl sites for hydroxylation is 1. The van der Waals surface area contributed by atoms with Crippen LogP contribution in [0.5, 0.6) is 5.75 Å². The molecule has 0 radical (unpaired) electrons. The van der Waals surface area contributed by atoms with E-state index in [0.717, 1.165) is 16.0 Å². The average molecular weight is 261 g/mol. The molecule has 0 saturated heterocycles. The summed E-state index contributed by atoms with van der Waals surface area (Å²) in [4.78, 5) is 0.748. The van der Waals surface area contributed by atoms with Gasteiger partial charge in [-0.05, 0) is 42.3 Å². The normalized spacial score (nSPS) is 12.3. The largest absolute Gasteiger partial charge is 0.508 e. The first kappa shape index (κ1) is 12.6. The maximum Gasteiger partial charge on any atom is 0.115 e. The maximum atomic E-state index is 12.3. The Kier molecular flexibility index (Phi) is 3.67. The molecule has 0 saturated carbocycles. The highest BCUT2D eigenvalue weighted by atomic mass is 32.2. The minimum absolute atomic E-state index is 0.189. The third kappa shape index (κ3) is 2.90. The lowest BCUT2D eigenvalue weighted by Crippen LogP contribution is -2.00. The highest BCUT2D eigenvalue weighted by Gasteiger charge is 2.09. The van der Waals surface area contributed by atoms with Crippen LogP contribution in [0.25, 0.3) is 0 Å². The van der Waals surface area contributed by atoms with Gasteiger partial charge in [-0.2, -0.15) is 0 Å². The van der Waals surface area contributed by atoms with Crippen molar-refractivity contribution < 1.29 is 9.32 Å². The second kappa shape index (κ2) is 5.23. The highest BCUT2D eigenvalue weighted by molar-refractivity contribution is 7.84. The topological polar surface area (TPSA) is 63.3 Å². The molecule has 2 aromatic rings. The molecule has 0 fully saturated rings. The van der Waals surface area contributed by atoms with Crippen LogP contribution >= 0.6 is 0 Å². The van der Waals surface area contributed by atoms with Crippen LogP contribution in [0.2, 0.25) is 0 Å². The van der Waals surface area contributed by atoms with Crippen molar-refractivity contribution in [1.82, 2.24) is 0 Å². The van der Waals surface area contributed by atoms with E-state index in [1.165, 1.54) is 0 Å². The minimum atomic E-state index is -1.16. The van der Waals surface area contributed by atoms with Crippen LogP contribution < -0.4 is 5.73 Å². The molecule has 0 aliphatic carbocycles. The lowest BCUT2D eigenvalue weighted by Gasteiger charge is -2.07. The molecule has 3 N–H and O–H groups in total. The summed E-state index contributed by atoms with van der Waals surface area (Å²) in [6, 6.07) is 12.2. The van der Waals surface area contributed by atoms with Crippen LogP contribution in [-0.2, 0) is 16.6 Å². The van der Waals surface area contributed by atoms with E-state index in [1.54, 1.807) is 30.3 Å². The first-order valence-electron chi connectivity index (χ1n) is 5.58. The molecule has 0 bridgehead atoms. The van der Waals surface area contributed by atoms with Gasteiger partial charge in [-0.15, -0.1) is 0 Å². The number of aromatic hydroxyl groups is 1. The lowest BCUT2D eigenvalue weighted by atomic mass is 10.2. The van der Waals surface area contributed by atoms with E-state index in [9.17, 15) is 9.32 Å². The number of nitrogen functional groups attached to an aromatic ring is 1. The van der Waals surface area contributed by atoms with Gasteiger partial charge in [0.15, 0.2) is 0 Å². The van der Waals surface area contributed by atoms with Gasteiger partial charge in [0.05, 0.1) is 16.6 Å². The summed E-state index contributed by atoms with van der Waals surface area (Å²) in [6.45, 7) is 1.91. The molecule has 2 rings (SSSR count). The highest BCUT2D eigenvalue weighted by Crippen LogP contribution is 2.20. The number of hydrogen-bond donors (Lipinski definition) is 2. The molecular formula is C14H15NO2S. The minimum Gasteiger partial charge on any atom is -0.508 e. The zero-order valence-electron chi connectivity index (χ0n) is 10.1. The molecule has 94 valence electrons. The summed E-state index contributed by atoms with van der Waals surface area (Å²) in [5.41, 5.74) is 8.12. The smallest absolute Gasteiger partial charge is 0.115 e. The van der Waals surface area contributed by atoms with Crippen molar-refractivity contribution in [3.8, 4) is 5.75 Å². The predicted molar refractivity (Wildman–Crippen MR) is 73.8 cm³/mol. The standard InChI is InChI=1S/C14H15NO2S/c1-10-5-6-12(15)8-14(10)18(17)9-11-3-2-4-13(16)7-11/h2-8,16H,9,15H2,1H3. The van der Waals surface area contributed by atoms with Crippen LogP contribution in [0.1, 0.15) is 11.1 Å². The summed E-state index contributed by atoms with van der Waals surface area (Å²) in [7, 11) is -1.16. The van der Waals surface area contributed by atoms with Crippen molar-refractivity contribution in [2.45, 2.75) is 17.6 Å². The van der Waals surface area contributed by atoms with Gasteiger partial charge in [-0.25, -0.2) is 0 Å². The quantitative estimate of drug-likeness (QED) is 0.835. The Labute approximate surface area is 109 Å². The number of phenols is 1. The zero-order valence-corrected chi connectivity index (χ0v) is 10.9. The van der Waals surface area contributed by atoms with Crippen molar-refractivity contribution in [3.63, 3.8) is 0 Å². The van der Waals surface area contributed by atoms with E-state index in [1.807, 2.05) is 19.1 Å². The molecule has 0 aliphatic rings. The molecule has 0 heterocycles. The Morgan fingerprint density at radius 3 is 2.72 bits per heavy atom. The monoisotopic (exact) mass is 261 g/mol. The Morgan fingerprint density at radius 2 is 2.00 bits per heavy atom. The van der Waals surface area contributed by atoms with E-state index in [4.69, 9.17) is 5.73 Å². The molecule has 0 spiro atoms. The van der Waals surface area contributed by atoms with Crippen LogP contribution in [0.4, 0.5) is 5.69 Å². The molecule has 0 amide bonds. The van der Waals surface area contributed by atoms with Crippen molar-refractivity contribution in [2.75, 3.05) is 5.73 Å². The van der Waals surface area contributed by atoms with E-state index < -0.39 is 10.8 Å². The lowest BCUT2D eigenvalue weighted by molar-refractivity contribution is 0.475. The molecule has 0 aromatic heterocycles. The van der Waals surface area contributed by atoms with E-state index in [2.05, 4.69) is 0 Å². The maximum absolute atomic E-state index is 12.3. The number of benzene rings is 2. The van der Waals surface area contributed by atoms with Crippen molar-refractivity contribution in [2.24, 2.45) is 0 Å². The summed E-state index contributed by atoms with van der Waals surface area (Å²) >= 11 is 0. The van der Waals surface area contributed by atoms with Gasteiger partial charge in [0.1, 0.15) is 5.75 Å². The second-order valence-electron chi connectivity index (χ2n) is 4.18. The molecule has 3 nitrogen and oxygen atoms in total. The van der Waals surface area contributed by atoms with Gasteiger partial charge in [0, 0.05) is 10.6 Å². The molecular weight excluding hydrogens is 246 g/mol. The molecule has 1 atom stereocenters. The number of rotatable bonds is 3. The summed E-state index contributed by atoms with van der Waals surface area (Å²) in [5, 5.41) is 9.38. The van der Waals surface area contributed by atoms with Gasteiger partial charge in [0.25, 0.3) is 0 Å². The first-order valence-corrected chi connectivity index (χ1v) is 6.90. The summed E-state index contributed by atoms with van der Waals surface area (Å²) in [5.74, 6) is 0.562. The Balaban J connectivity index is 2.24. The molecule has 2 aromatic carbocycles. The first-order chi connectivity index (χ1) is 8.56. The number of nitrogens with two attached hydrogens (primary N) is 1. The fourth-order valence-electron chi connectivity index (χ4n) is 1.74. The Morgan fingerprint density at radius 1 is 1.22 bits per heavy atom. The van der Waals surface area contributed by atoms with Crippen molar-refractivity contribution in [3.05, 3.63) is 53.6 Å². The van der Waals surface area contributed by atoms with E-state index >= 15 is 0 Å². The van der Waals surface area contributed by atoms with E-state index in [-0.39, 0.29) is 5.75 Å². The number of phenolic OH excluding ortho intramolecular Hbond substituents is 1. The Bertz CT molecular complexity index is 596. The predicted octanol–water partition coefficient (Wildman–Crippen LogP) is 2.59. The molecule has 0 aliphatic heterocycles. The van der Waals surface area contributed by atoms with Gasteiger partial charge in [0.2, 0.25) is 0 Å². The fraction of sp³-hybridized carbons (Fsp3) is 0.143. The summed E-state index contributed by atoms with van der Waals surface area (Å²) in [6.07, 6.45) is 0. The van der Waals surface area contributed by atoms with Crippen LogP contribution in [0.15, 0.2) is 47.4 Å². The molecule has 4 heteroatoms. The molecule has 18 heavy (non-hydrogen) atoms. The van der Waals surface area contributed by atoms with Crippen LogP contribution in [-0.4, -0.2) is 9.32 Å². The van der Waals surface area contributed by atoms with Crippen LogP contribution in [0, 0.1) is 6.92 Å². The van der Waals surface area contributed by atoms with Crippen LogP contribution in [0.3, 0.4) is 0 Å². The van der Waals surface area contributed by atoms with E-state index in [0.29, 0.717) is 11.4 Å². The summed E-state index contributed by atoms with van der Waals surface area (Å²) < 4.78 is 12.3. The van der Waals surface area contributed by atoms with Crippen molar-refractivity contribution in [1.29, 1.82) is 0 Å². The van der Waals surface area contributed by atoms with Gasteiger partial charge in [-0.3, -0.25) is 4.21 Å². The molecule has 1 unspecified atom stereocenters. The SMILES string of the molecule is Cc1ccc(N)cc1S(=O)Cc1cccc(O)c1. The third-order valence-corrected chi connectivity index (χ3v) is 4.19. The van der Waals surface area contributed by atoms with Gasteiger partial charge < -0.3 is 10.8 Å². The average Bonchev–Trinajstić information content (AvgIpc) is 2.32. The third-order valence-electron chi connectivity index (χ3n) is 2.67. The second-order valence-corrected chi connectivity index (χ2v) is 5.60. The zero-order chi connectivity index (χ0) is 13.1. The van der Waals surface area contributed by atoms with Gasteiger partial charge >= 0.3 is 0 Å². The number of anilines is 1. The van der Waals surface area contributed by atoms with Gasteiger partial charge in [-0.1, -0.05) is 18.2 Å². The van der Waals surface area contributed by atoms with Crippen molar-refractivity contribution >= 4 is 16.5 Å². The fourth-order valence-corrected chi connectivity index (χ4v) is 3.07. The Hall–Kier alpha value is -1.81. The number of hydrogen-bond acceptors (Lipinski definition) is 3.